The van der Waals surface area contributed by atoms with E-state index < -0.39 is 5.76 Å². The van der Waals surface area contributed by atoms with Crippen LogP contribution in [-0.4, -0.2) is 9.55 Å². The summed E-state index contributed by atoms with van der Waals surface area (Å²) in [6, 6.07) is 3.51. The van der Waals surface area contributed by atoms with Crippen molar-refractivity contribution >= 4 is 0 Å². The molecule has 0 aromatic carbocycles. The minimum absolute atomic E-state index is 0.528. The molecular weight excluding hydrogens is 144 g/mol. The average molecular weight is 150 g/mol. The summed E-state index contributed by atoms with van der Waals surface area (Å²) in [5, 5.41) is 0. The second-order valence-corrected chi connectivity index (χ2v) is 2.29. The van der Waals surface area contributed by atoms with Gasteiger partial charge in [0.2, 0.25) is 0 Å². The van der Waals surface area contributed by atoms with Gasteiger partial charge in [0, 0.05) is 13.2 Å². The molecule has 4 nitrogen and oxygen atoms in total. The largest absolute Gasteiger partial charge is 0.441 e. The molecule has 56 valence electrons. The lowest BCUT2D eigenvalue weighted by atomic mass is 10.4. The second-order valence-electron chi connectivity index (χ2n) is 2.29. The highest BCUT2D eigenvalue weighted by Gasteiger charge is 2.10. The summed E-state index contributed by atoms with van der Waals surface area (Å²) < 4.78 is 6.50. The molecular formula is C7H6N2O2. The van der Waals surface area contributed by atoms with Gasteiger partial charge in [0.1, 0.15) is 0 Å². The van der Waals surface area contributed by atoms with Gasteiger partial charge < -0.3 is 8.98 Å². The van der Waals surface area contributed by atoms with Gasteiger partial charge in [-0.05, 0) is 12.1 Å². The van der Waals surface area contributed by atoms with Crippen molar-refractivity contribution in [3.63, 3.8) is 0 Å². The van der Waals surface area contributed by atoms with Gasteiger partial charge in [-0.3, -0.25) is 0 Å². The smallest absolute Gasteiger partial charge is 0.405 e. The third kappa shape index (κ3) is 0.832. The van der Waals surface area contributed by atoms with Crippen molar-refractivity contribution in [1.82, 2.24) is 9.55 Å². The molecule has 0 amide bonds. The first-order valence-corrected chi connectivity index (χ1v) is 3.19. The van der Waals surface area contributed by atoms with E-state index in [0.717, 1.165) is 0 Å². The fourth-order valence-electron chi connectivity index (χ4n) is 0.995. The van der Waals surface area contributed by atoms with Gasteiger partial charge in [-0.2, -0.15) is 4.98 Å². The molecule has 0 aromatic rings. The van der Waals surface area contributed by atoms with Crippen molar-refractivity contribution in [3.8, 4) is 11.6 Å². The number of nitrogens with zero attached hydrogens (tertiary/aromatic N) is 2. The first kappa shape index (κ1) is 6.15. The SMILES string of the molecule is Cn1cccc2oc(=O)nc1-2. The van der Waals surface area contributed by atoms with Crippen molar-refractivity contribution in [2.75, 3.05) is 0 Å². The maximum absolute atomic E-state index is 10.6. The van der Waals surface area contributed by atoms with E-state index in [9.17, 15) is 4.79 Å². The normalized spacial score (nSPS) is 10.6. The molecule has 2 aliphatic heterocycles. The molecule has 0 N–H and O–H groups in total. The molecule has 0 radical (unpaired) electrons. The molecule has 0 unspecified atom stereocenters. The Morgan fingerprint density at radius 2 is 2.45 bits per heavy atom. The highest BCUT2D eigenvalue weighted by atomic mass is 16.4. The Kier molecular flexibility index (Phi) is 1.09. The molecule has 0 saturated heterocycles. The second kappa shape index (κ2) is 1.95. The highest BCUT2D eigenvalue weighted by molar-refractivity contribution is 5.47. The number of hydrogen-bond donors (Lipinski definition) is 0. The Labute approximate surface area is 62.4 Å². The maximum atomic E-state index is 10.6. The Bertz CT molecular complexity index is 401. The van der Waals surface area contributed by atoms with E-state index in [4.69, 9.17) is 4.42 Å². The first-order valence-electron chi connectivity index (χ1n) is 3.19. The highest BCUT2D eigenvalue weighted by Crippen LogP contribution is 2.14. The molecule has 2 rings (SSSR count). The fourth-order valence-corrected chi connectivity index (χ4v) is 0.995. The number of hydrogen-bond acceptors (Lipinski definition) is 3. The fraction of sp³-hybridized carbons (Fsp3) is 0.143. The average Bonchev–Trinajstić information content (AvgIpc) is 2.31. The summed E-state index contributed by atoms with van der Waals surface area (Å²) in [6.45, 7) is 0. The van der Waals surface area contributed by atoms with E-state index in [1.54, 1.807) is 16.7 Å². The van der Waals surface area contributed by atoms with Gasteiger partial charge in [0.25, 0.3) is 0 Å². The van der Waals surface area contributed by atoms with Crippen molar-refractivity contribution < 1.29 is 4.42 Å². The van der Waals surface area contributed by atoms with Gasteiger partial charge in [-0.25, -0.2) is 4.79 Å². The summed E-state index contributed by atoms with van der Waals surface area (Å²) >= 11 is 0. The van der Waals surface area contributed by atoms with Gasteiger partial charge >= 0.3 is 5.76 Å². The molecule has 0 saturated carbocycles. The number of aryl methyl sites for hydroxylation is 1. The molecule has 2 aliphatic rings. The summed E-state index contributed by atoms with van der Waals surface area (Å²) in [6.07, 6.45) is 1.81. The third-order valence-electron chi connectivity index (χ3n) is 1.51. The predicted molar refractivity (Wildman–Crippen MR) is 38.4 cm³/mol. The van der Waals surface area contributed by atoms with E-state index in [1.807, 2.05) is 13.2 Å². The monoisotopic (exact) mass is 150 g/mol. The van der Waals surface area contributed by atoms with Crippen LogP contribution < -0.4 is 5.76 Å². The lowest BCUT2D eigenvalue weighted by molar-refractivity contribution is 0.530. The topological polar surface area (TPSA) is 48.0 Å². The summed E-state index contributed by atoms with van der Waals surface area (Å²) in [5.74, 6) is 0.569. The minimum atomic E-state index is -0.540. The molecule has 0 atom stereocenters. The van der Waals surface area contributed by atoms with Crippen molar-refractivity contribution in [2.24, 2.45) is 7.05 Å². The third-order valence-corrected chi connectivity index (χ3v) is 1.51. The zero-order valence-electron chi connectivity index (χ0n) is 5.94. The first-order chi connectivity index (χ1) is 5.27. The Balaban J connectivity index is 2.89. The quantitative estimate of drug-likeness (QED) is 0.548. The van der Waals surface area contributed by atoms with E-state index in [2.05, 4.69) is 4.98 Å². The van der Waals surface area contributed by atoms with Crippen molar-refractivity contribution in [1.29, 1.82) is 0 Å². The van der Waals surface area contributed by atoms with Crippen molar-refractivity contribution in [2.45, 2.75) is 0 Å². The molecule has 11 heavy (non-hydrogen) atoms. The van der Waals surface area contributed by atoms with Crippen LogP contribution in [-0.2, 0) is 7.05 Å². The minimum Gasteiger partial charge on any atom is -0.405 e. The van der Waals surface area contributed by atoms with Crippen molar-refractivity contribution in [3.05, 3.63) is 28.9 Å². The Morgan fingerprint density at radius 3 is 3.18 bits per heavy atom. The zero-order valence-corrected chi connectivity index (χ0v) is 5.94. The van der Waals surface area contributed by atoms with Gasteiger partial charge in [0.15, 0.2) is 11.6 Å². The number of rotatable bonds is 0. The van der Waals surface area contributed by atoms with Crippen LogP contribution >= 0.6 is 0 Å². The van der Waals surface area contributed by atoms with Gasteiger partial charge in [0.05, 0.1) is 0 Å². The lowest BCUT2D eigenvalue weighted by Crippen LogP contribution is -1.98. The van der Waals surface area contributed by atoms with Crippen LogP contribution in [0.15, 0.2) is 27.5 Å². The Hall–Kier alpha value is -1.58. The number of oxazole rings is 1. The number of fused-ring (bicyclic) bond motifs is 1. The molecule has 0 bridgehead atoms. The molecule has 0 aromatic heterocycles. The summed E-state index contributed by atoms with van der Waals surface area (Å²) in [5.41, 5.74) is 0. The Morgan fingerprint density at radius 1 is 1.64 bits per heavy atom. The van der Waals surface area contributed by atoms with Gasteiger partial charge in [-0.1, -0.05) is 0 Å². The van der Waals surface area contributed by atoms with Crippen LogP contribution in [0.5, 0.6) is 0 Å². The van der Waals surface area contributed by atoms with E-state index in [0.29, 0.717) is 11.6 Å². The maximum Gasteiger partial charge on any atom is 0.441 e. The van der Waals surface area contributed by atoms with Crippen LogP contribution in [0.1, 0.15) is 0 Å². The predicted octanol–water partition coefficient (Wildman–Crippen LogP) is 0.478. The van der Waals surface area contributed by atoms with E-state index >= 15 is 0 Å². The van der Waals surface area contributed by atoms with Crippen LogP contribution in [0.4, 0.5) is 0 Å². The standard InChI is InChI=1S/C7H6N2O2/c1-9-4-2-3-5-6(9)8-7(10)11-5/h2-4H,1H3. The lowest BCUT2D eigenvalue weighted by Gasteiger charge is -1.99. The van der Waals surface area contributed by atoms with Crippen LogP contribution in [0.3, 0.4) is 0 Å². The van der Waals surface area contributed by atoms with Crippen LogP contribution in [0.25, 0.3) is 11.6 Å². The van der Waals surface area contributed by atoms with Crippen LogP contribution in [0, 0.1) is 0 Å². The number of aromatic nitrogens is 2. The molecule has 0 fully saturated rings. The number of pyridine rings is 1. The molecule has 0 spiro atoms. The molecule has 0 aliphatic carbocycles. The van der Waals surface area contributed by atoms with Gasteiger partial charge in [-0.15, -0.1) is 0 Å². The van der Waals surface area contributed by atoms with E-state index in [-0.39, 0.29) is 0 Å². The summed E-state index contributed by atoms with van der Waals surface area (Å²) in [7, 11) is 1.81. The van der Waals surface area contributed by atoms with Crippen LogP contribution in [0.2, 0.25) is 0 Å². The molecule has 2 heterocycles. The molecule has 4 heteroatoms. The van der Waals surface area contributed by atoms with E-state index in [1.165, 1.54) is 0 Å². The summed E-state index contributed by atoms with van der Waals surface area (Å²) in [4.78, 5) is 14.3. The zero-order chi connectivity index (χ0) is 7.84.